The number of piperazine rings is 1. The summed E-state index contributed by atoms with van der Waals surface area (Å²) in [6.07, 6.45) is 1.17. The fraction of sp³-hybridized carbons (Fsp3) is 0.474. The lowest BCUT2D eigenvalue weighted by Crippen LogP contribution is -2.45. The third-order valence-electron chi connectivity index (χ3n) is 4.52. The molecule has 1 aromatic carbocycles. The molecule has 3 rings (SSSR count). The molecule has 0 aliphatic carbocycles. The van der Waals surface area contributed by atoms with Gasteiger partial charge in [0.2, 0.25) is 0 Å². The molecule has 0 radical (unpaired) electrons. The van der Waals surface area contributed by atoms with E-state index in [1.54, 1.807) is 0 Å². The Labute approximate surface area is 149 Å². The first-order valence-electron chi connectivity index (χ1n) is 8.67. The summed E-state index contributed by atoms with van der Waals surface area (Å²) >= 11 is 6.21. The van der Waals surface area contributed by atoms with Crippen LogP contribution in [0.1, 0.15) is 12.2 Å². The zero-order chi connectivity index (χ0) is 16.8. The van der Waals surface area contributed by atoms with Crippen LogP contribution in [0.2, 0.25) is 5.02 Å². The van der Waals surface area contributed by atoms with E-state index >= 15 is 0 Å². The first-order chi connectivity index (χ1) is 11.7. The quantitative estimate of drug-likeness (QED) is 0.778. The molecule has 0 spiro atoms. The Kier molecular flexibility index (Phi) is 6.32. The molecule has 2 aromatic rings. The topological polar surface area (TPSA) is 31.6 Å². The van der Waals surface area contributed by atoms with Gasteiger partial charge in [-0.25, -0.2) is 0 Å². The number of benzene rings is 1. The van der Waals surface area contributed by atoms with E-state index in [-0.39, 0.29) is 0 Å². The van der Waals surface area contributed by atoms with Crippen LogP contribution in [0.15, 0.2) is 40.8 Å². The van der Waals surface area contributed by atoms with Crippen molar-refractivity contribution in [3.05, 3.63) is 47.2 Å². The molecule has 0 bridgehead atoms. The summed E-state index contributed by atoms with van der Waals surface area (Å²) in [5.74, 6) is 1.78. The maximum absolute atomic E-state index is 6.21. The third-order valence-corrected chi connectivity index (χ3v) is 4.85. The van der Waals surface area contributed by atoms with Crippen molar-refractivity contribution in [2.24, 2.45) is 0 Å². The van der Waals surface area contributed by atoms with E-state index in [2.05, 4.69) is 22.2 Å². The van der Waals surface area contributed by atoms with Crippen molar-refractivity contribution in [3.63, 3.8) is 0 Å². The predicted molar refractivity (Wildman–Crippen MR) is 99.4 cm³/mol. The number of hydrogen-bond acceptors (Lipinski definition) is 4. The number of rotatable bonds is 7. The second-order valence-corrected chi connectivity index (χ2v) is 6.83. The average Bonchev–Trinajstić information content (AvgIpc) is 3.05. The van der Waals surface area contributed by atoms with Gasteiger partial charge in [-0.3, -0.25) is 0 Å². The third kappa shape index (κ3) is 4.84. The first-order valence-corrected chi connectivity index (χ1v) is 9.05. The van der Waals surface area contributed by atoms with Crippen molar-refractivity contribution in [2.45, 2.75) is 13.0 Å². The molecule has 2 heterocycles. The second-order valence-electron chi connectivity index (χ2n) is 6.42. The van der Waals surface area contributed by atoms with E-state index in [0.29, 0.717) is 0 Å². The van der Waals surface area contributed by atoms with Crippen LogP contribution in [0.5, 0.6) is 0 Å². The van der Waals surface area contributed by atoms with Crippen molar-refractivity contribution in [1.29, 1.82) is 0 Å². The van der Waals surface area contributed by atoms with Crippen LogP contribution in [0.25, 0.3) is 11.3 Å². The Hall–Kier alpha value is -1.33. The lowest BCUT2D eigenvalue weighted by atomic mass is 10.2. The summed E-state index contributed by atoms with van der Waals surface area (Å²) in [6.45, 7) is 7.69. The Bertz CT molecular complexity index is 635. The largest absolute Gasteiger partial charge is 0.460 e. The van der Waals surface area contributed by atoms with Gasteiger partial charge in [-0.15, -0.1) is 0 Å². The van der Waals surface area contributed by atoms with Gasteiger partial charge in [0.05, 0.1) is 11.6 Å². The molecule has 1 aliphatic rings. The van der Waals surface area contributed by atoms with Crippen LogP contribution < -0.4 is 5.32 Å². The van der Waals surface area contributed by atoms with E-state index in [4.69, 9.17) is 16.0 Å². The fourth-order valence-corrected chi connectivity index (χ4v) is 3.22. The van der Waals surface area contributed by atoms with Gasteiger partial charge in [-0.1, -0.05) is 23.7 Å². The molecular formula is C19H26ClN3O. The highest BCUT2D eigenvalue weighted by Crippen LogP contribution is 2.28. The minimum Gasteiger partial charge on any atom is -0.460 e. The van der Waals surface area contributed by atoms with Gasteiger partial charge in [0.1, 0.15) is 11.5 Å². The van der Waals surface area contributed by atoms with E-state index in [1.165, 1.54) is 39.1 Å². The summed E-state index contributed by atoms with van der Waals surface area (Å²) < 4.78 is 5.90. The first kappa shape index (κ1) is 17.5. The molecule has 5 heteroatoms. The highest BCUT2D eigenvalue weighted by atomic mass is 35.5. The van der Waals surface area contributed by atoms with Gasteiger partial charge < -0.3 is 19.5 Å². The maximum Gasteiger partial charge on any atom is 0.135 e. The molecule has 1 saturated heterocycles. The maximum atomic E-state index is 6.21. The molecule has 4 nitrogen and oxygen atoms in total. The Balaban J connectivity index is 1.38. The molecule has 0 unspecified atom stereocenters. The van der Waals surface area contributed by atoms with Gasteiger partial charge in [0.25, 0.3) is 0 Å². The average molecular weight is 348 g/mol. The van der Waals surface area contributed by atoms with Gasteiger partial charge in [0, 0.05) is 31.7 Å². The fourth-order valence-electron chi connectivity index (χ4n) is 2.99. The van der Waals surface area contributed by atoms with E-state index in [0.717, 1.165) is 35.2 Å². The van der Waals surface area contributed by atoms with Gasteiger partial charge in [-0.2, -0.15) is 0 Å². The smallest absolute Gasteiger partial charge is 0.135 e. The highest BCUT2D eigenvalue weighted by Gasteiger charge is 2.12. The molecule has 130 valence electrons. The predicted octanol–water partition coefficient (Wildman–Crippen LogP) is 3.33. The van der Waals surface area contributed by atoms with Crippen LogP contribution in [-0.4, -0.2) is 56.1 Å². The monoisotopic (exact) mass is 347 g/mol. The number of nitrogens with zero attached hydrogens (tertiary/aromatic N) is 2. The van der Waals surface area contributed by atoms with Gasteiger partial charge in [0.15, 0.2) is 0 Å². The number of furan rings is 1. The lowest BCUT2D eigenvalue weighted by molar-refractivity contribution is 0.152. The van der Waals surface area contributed by atoms with Gasteiger partial charge >= 0.3 is 0 Å². The van der Waals surface area contributed by atoms with E-state index in [9.17, 15) is 0 Å². The molecule has 1 fully saturated rings. The highest BCUT2D eigenvalue weighted by molar-refractivity contribution is 6.33. The molecule has 1 aliphatic heterocycles. The number of hydrogen-bond donors (Lipinski definition) is 1. The second kappa shape index (κ2) is 8.67. The van der Waals surface area contributed by atoms with Crippen molar-refractivity contribution >= 4 is 11.6 Å². The van der Waals surface area contributed by atoms with Crippen LogP contribution in [-0.2, 0) is 6.54 Å². The standard InChI is InChI=1S/C19H26ClN3O/c1-22-11-13-23(14-12-22)10-4-9-21-15-16-7-8-19(24-16)17-5-2-3-6-18(17)20/h2-3,5-8,21H,4,9-15H2,1H3. The molecule has 24 heavy (non-hydrogen) atoms. The summed E-state index contributed by atoms with van der Waals surface area (Å²) in [5, 5.41) is 4.19. The summed E-state index contributed by atoms with van der Waals surface area (Å²) in [7, 11) is 2.19. The van der Waals surface area contributed by atoms with E-state index in [1.807, 2.05) is 36.4 Å². The van der Waals surface area contributed by atoms with E-state index < -0.39 is 0 Å². The Morgan fingerprint density at radius 2 is 1.88 bits per heavy atom. The van der Waals surface area contributed by atoms with Crippen molar-refractivity contribution in [1.82, 2.24) is 15.1 Å². The molecule has 1 N–H and O–H groups in total. The lowest BCUT2D eigenvalue weighted by Gasteiger charge is -2.32. The molecule has 0 amide bonds. The van der Waals surface area contributed by atoms with Crippen molar-refractivity contribution < 1.29 is 4.42 Å². The minimum atomic E-state index is 0.721. The zero-order valence-electron chi connectivity index (χ0n) is 14.3. The van der Waals surface area contributed by atoms with Crippen LogP contribution in [0.3, 0.4) is 0 Å². The molecule has 0 saturated carbocycles. The van der Waals surface area contributed by atoms with Crippen LogP contribution in [0, 0.1) is 0 Å². The zero-order valence-corrected chi connectivity index (χ0v) is 15.1. The number of nitrogens with one attached hydrogen (secondary N) is 1. The van der Waals surface area contributed by atoms with Crippen molar-refractivity contribution in [3.8, 4) is 11.3 Å². The summed E-state index contributed by atoms with van der Waals surface area (Å²) in [5.41, 5.74) is 0.945. The van der Waals surface area contributed by atoms with Gasteiger partial charge in [-0.05, 0) is 50.8 Å². The van der Waals surface area contributed by atoms with Crippen molar-refractivity contribution in [2.75, 3.05) is 46.3 Å². The Morgan fingerprint density at radius 1 is 1.08 bits per heavy atom. The SMILES string of the molecule is CN1CCN(CCCNCc2ccc(-c3ccccc3Cl)o2)CC1. The molecule has 0 atom stereocenters. The Morgan fingerprint density at radius 3 is 2.67 bits per heavy atom. The molecular weight excluding hydrogens is 322 g/mol. The molecule has 1 aromatic heterocycles. The number of halogens is 1. The normalized spacial score (nSPS) is 16.6. The summed E-state index contributed by atoms with van der Waals surface area (Å²) in [6, 6.07) is 11.8. The van der Waals surface area contributed by atoms with Crippen LogP contribution >= 0.6 is 11.6 Å². The summed E-state index contributed by atoms with van der Waals surface area (Å²) in [4.78, 5) is 4.94. The minimum absolute atomic E-state index is 0.721. The van der Waals surface area contributed by atoms with Crippen LogP contribution in [0.4, 0.5) is 0 Å². The number of likely N-dealkylation sites (N-methyl/N-ethyl adjacent to an activating group) is 1.